The molecule has 0 amide bonds. The van der Waals surface area contributed by atoms with E-state index in [4.69, 9.17) is 18.9 Å². The monoisotopic (exact) mass is 426 g/mol. The Morgan fingerprint density at radius 2 is 1.77 bits per heavy atom. The van der Waals surface area contributed by atoms with Crippen LogP contribution in [-0.2, 0) is 28.5 Å². The number of ether oxygens (including phenoxy) is 4. The van der Waals surface area contributed by atoms with Crippen LogP contribution in [0.15, 0.2) is 0 Å². The molecule has 0 aromatic heterocycles. The maximum atomic E-state index is 13.3. The predicted octanol–water partition coefficient (Wildman–Crippen LogP) is 0.0876. The number of aliphatic hydroxyl groups is 3. The molecule has 2 saturated carbocycles. The molecule has 4 aliphatic heterocycles. The van der Waals surface area contributed by atoms with Crippen molar-refractivity contribution in [3.8, 4) is 0 Å². The zero-order chi connectivity index (χ0) is 20.9. The van der Waals surface area contributed by atoms with Crippen molar-refractivity contribution in [3.63, 3.8) is 0 Å². The Hall–Kier alpha value is -1.26. The third kappa shape index (κ3) is 1.53. The van der Waals surface area contributed by atoms with Crippen LogP contribution in [0.1, 0.15) is 48.0 Å². The second-order valence-electron chi connectivity index (χ2n) is 10.8. The lowest BCUT2D eigenvalue weighted by atomic mass is 9.51. The molecule has 6 fully saturated rings. The molecule has 30 heavy (non-hydrogen) atoms. The van der Waals surface area contributed by atoms with E-state index in [1.165, 1.54) is 0 Å². The van der Waals surface area contributed by atoms with Crippen LogP contribution in [0.4, 0.5) is 0 Å². The van der Waals surface area contributed by atoms with Gasteiger partial charge in [0.2, 0.25) is 11.9 Å². The lowest BCUT2D eigenvalue weighted by molar-refractivity contribution is -0.238. The highest BCUT2D eigenvalue weighted by Crippen LogP contribution is 2.84. The van der Waals surface area contributed by atoms with Gasteiger partial charge < -0.3 is 34.3 Å². The summed E-state index contributed by atoms with van der Waals surface area (Å²) in [6.45, 7) is 7.62. The molecule has 4 heterocycles. The average Bonchev–Trinajstić information content (AvgIpc) is 3.31. The van der Waals surface area contributed by atoms with Crippen LogP contribution in [0.5, 0.6) is 0 Å². The number of carbonyl (C=O) groups excluding carboxylic acids is 2. The van der Waals surface area contributed by atoms with Gasteiger partial charge in [-0.25, -0.2) is 9.59 Å². The van der Waals surface area contributed by atoms with E-state index in [-0.39, 0.29) is 25.2 Å². The van der Waals surface area contributed by atoms with E-state index in [9.17, 15) is 24.9 Å². The molecule has 4 saturated heterocycles. The lowest BCUT2D eigenvalue weighted by Gasteiger charge is -2.46. The Labute approximate surface area is 174 Å². The molecule has 2 aliphatic carbocycles. The highest BCUT2D eigenvalue weighted by molar-refractivity contribution is 5.91. The standard InChI is InChI=1S/C20H26O9.CH4/c1-7-12(22)26-10-6-17-9-5-8(16(2,3)4)18(17)11(21)13(23)28-15(18)29-20(17,14(24)27-9)19(7,10)25;/h7-12,15,21-22,25H,5-6H2,1-4H3;1H4/t7-,8+,9?,10?,11+,12?,15?,17?,18?,19-,20-;/m1./s1. The van der Waals surface area contributed by atoms with Gasteiger partial charge in [0.05, 0.1) is 16.9 Å². The van der Waals surface area contributed by atoms with Gasteiger partial charge in [-0.2, -0.15) is 0 Å². The largest absolute Gasteiger partial charge is 0.459 e. The van der Waals surface area contributed by atoms with Crippen molar-refractivity contribution in [1.82, 2.24) is 0 Å². The van der Waals surface area contributed by atoms with Gasteiger partial charge in [0.25, 0.3) is 0 Å². The van der Waals surface area contributed by atoms with Crippen LogP contribution >= 0.6 is 0 Å². The zero-order valence-electron chi connectivity index (χ0n) is 16.7. The molecule has 2 spiro atoms. The second-order valence-corrected chi connectivity index (χ2v) is 10.8. The number of fused-ring (bicyclic) bond motifs is 1. The maximum absolute atomic E-state index is 13.3. The summed E-state index contributed by atoms with van der Waals surface area (Å²) in [5.41, 5.74) is -6.57. The highest BCUT2D eigenvalue weighted by Gasteiger charge is 3.00. The van der Waals surface area contributed by atoms with E-state index in [1.54, 1.807) is 6.92 Å². The van der Waals surface area contributed by atoms with Crippen LogP contribution in [0.3, 0.4) is 0 Å². The Bertz CT molecular complexity index is 852. The van der Waals surface area contributed by atoms with Gasteiger partial charge in [0, 0.05) is 5.92 Å². The molecule has 9 nitrogen and oxygen atoms in total. The van der Waals surface area contributed by atoms with Crippen molar-refractivity contribution in [3.05, 3.63) is 0 Å². The molecule has 168 valence electrons. The first-order valence-electron chi connectivity index (χ1n) is 10.2. The SMILES string of the molecule is C.C[C@@H]1C(O)OC2CC34C5C[C@@H](C(C)(C)C)C36C(OC(=O)[C@@H]6O)O[C@@]4(C(=O)O5)[C@]21O. The van der Waals surface area contributed by atoms with Crippen molar-refractivity contribution in [2.75, 3.05) is 0 Å². The normalized spacial score (nSPS) is 59.9. The van der Waals surface area contributed by atoms with E-state index in [2.05, 4.69) is 0 Å². The third-order valence-electron chi connectivity index (χ3n) is 9.12. The van der Waals surface area contributed by atoms with E-state index in [0.29, 0.717) is 6.42 Å². The summed E-state index contributed by atoms with van der Waals surface area (Å²) < 4.78 is 23.2. The minimum atomic E-state index is -1.88. The number of esters is 2. The van der Waals surface area contributed by atoms with Crippen LogP contribution < -0.4 is 0 Å². The van der Waals surface area contributed by atoms with E-state index in [1.807, 2.05) is 20.8 Å². The summed E-state index contributed by atoms with van der Waals surface area (Å²) in [5.74, 6) is -2.63. The van der Waals surface area contributed by atoms with Crippen molar-refractivity contribution < 1.29 is 43.9 Å². The number of hydrogen-bond donors (Lipinski definition) is 3. The summed E-state index contributed by atoms with van der Waals surface area (Å²) in [7, 11) is 0. The molecule has 0 aromatic carbocycles. The Balaban J connectivity index is 0.00000193. The topological polar surface area (TPSA) is 132 Å². The van der Waals surface area contributed by atoms with E-state index < -0.39 is 70.8 Å². The zero-order valence-corrected chi connectivity index (χ0v) is 16.7. The van der Waals surface area contributed by atoms with Crippen LogP contribution in [-0.4, -0.2) is 69.4 Å². The molecule has 9 heteroatoms. The Morgan fingerprint density at radius 1 is 1.10 bits per heavy atom. The van der Waals surface area contributed by atoms with Gasteiger partial charge in [-0.3, -0.25) is 0 Å². The van der Waals surface area contributed by atoms with Gasteiger partial charge in [-0.1, -0.05) is 35.1 Å². The molecule has 6 rings (SSSR count). The first-order valence-corrected chi connectivity index (χ1v) is 10.2. The number of rotatable bonds is 0. The van der Waals surface area contributed by atoms with Crippen LogP contribution in [0.2, 0.25) is 0 Å². The van der Waals surface area contributed by atoms with Crippen molar-refractivity contribution >= 4 is 11.9 Å². The van der Waals surface area contributed by atoms with E-state index in [0.717, 1.165) is 0 Å². The number of aliphatic hydroxyl groups excluding tert-OH is 2. The summed E-state index contributed by atoms with van der Waals surface area (Å²) in [5, 5.41) is 33.4. The van der Waals surface area contributed by atoms with Gasteiger partial charge in [0.15, 0.2) is 12.4 Å². The minimum absolute atomic E-state index is 0. The van der Waals surface area contributed by atoms with Gasteiger partial charge in [-0.15, -0.1) is 0 Å². The molecule has 3 N–H and O–H groups in total. The fourth-order valence-corrected chi connectivity index (χ4v) is 8.19. The third-order valence-corrected chi connectivity index (χ3v) is 9.12. The molecule has 6 unspecified atom stereocenters. The molecule has 0 radical (unpaired) electrons. The summed E-state index contributed by atoms with van der Waals surface area (Å²) >= 11 is 0. The highest BCUT2D eigenvalue weighted by atomic mass is 16.8. The van der Waals surface area contributed by atoms with Gasteiger partial charge in [-0.05, 0) is 24.2 Å². The summed E-state index contributed by atoms with van der Waals surface area (Å²) in [4.78, 5) is 25.9. The molecule has 11 atom stereocenters. The maximum Gasteiger partial charge on any atom is 0.342 e. The summed E-state index contributed by atoms with van der Waals surface area (Å²) in [6, 6.07) is 0. The first-order chi connectivity index (χ1) is 13.4. The van der Waals surface area contributed by atoms with Gasteiger partial charge >= 0.3 is 11.9 Å². The lowest BCUT2D eigenvalue weighted by Crippen LogP contribution is -2.66. The van der Waals surface area contributed by atoms with Crippen LogP contribution in [0, 0.1) is 28.1 Å². The number of hydrogen-bond acceptors (Lipinski definition) is 9. The second kappa shape index (κ2) is 5.20. The van der Waals surface area contributed by atoms with Crippen molar-refractivity contribution in [1.29, 1.82) is 0 Å². The summed E-state index contributed by atoms with van der Waals surface area (Å²) in [6.07, 6.45) is -4.96. The van der Waals surface area contributed by atoms with Crippen molar-refractivity contribution in [2.24, 2.45) is 28.1 Å². The van der Waals surface area contributed by atoms with Crippen LogP contribution in [0.25, 0.3) is 0 Å². The molecular formula is C21H30O9. The smallest absolute Gasteiger partial charge is 0.342 e. The predicted molar refractivity (Wildman–Crippen MR) is 98.4 cm³/mol. The quantitative estimate of drug-likeness (QED) is 0.461. The number of carbonyl (C=O) groups is 2. The fourth-order valence-electron chi connectivity index (χ4n) is 8.19. The van der Waals surface area contributed by atoms with E-state index >= 15 is 0 Å². The Morgan fingerprint density at radius 3 is 2.40 bits per heavy atom. The average molecular weight is 426 g/mol. The first kappa shape index (κ1) is 20.6. The fraction of sp³-hybridized carbons (Fsp3) is 0.905. The molecular weight excluding hydrogens is 396 g/mol. The minimum Gasteiger partial charge on any atom is -0.459 e. The Kier molecular flexibility index (Phi) is 3.58. The van der Waals surface area contributed by atoms with Crippen molar-refractivity contribution in [2.45, 2.75) is 90.1 Å². The van der Waals surface area contributed by atoms with Gasteiger partial charge in [0.1, 0.15) is 11.7 Å². The molecule has 0 bridgehead atoms. The molecule has 6 aliphatic rings. The molecule has 0 aromatic rings.